The van der Waals surface area contributed by atoms with Crippen molar-refractivity contribution < 1.29 is 0 Å². The molecular weight excluding hydrogens is 228 g/mol. The lowest BCUT2D eigenvalue weighted by Crippen LogP contribution is -2.22. The Morgan fingerprint density at radius 1 is 1.53 bits per heavy atom. The van der Waals surface area contributed by atoms with Crippen LogP contribution < -0.4 is 5.73 Å². The minimum atomic E-state index is 0.611. The van der Waals surface area contributed by atoms with E-state index in [2.05, 4.69) is 24.9 Å². The maximum atomic E-state index is 5.88. The highest BCUT2D eigenvalue weighted by molar-refractivity contribution is 7.16. The van der Waals surface area contributed by atoms with Crippen molar-refractivity contribution in [2.75, 3.05) is 20.1 Å². The van der Waals surface area contributed by atoms with Crippen LogP contribution in [0.2, 0.25) is 4.34 Å². The Morgan fingerprint density at radius 3 is 2.80 bits per heavy atom. The van der Waals surface area contributed by atoms with Crippen LogP contribution in [0.4, 0.5) is 0 Å². The Hall–Kier alpha value is -0.0900. The van der Waals surface area contributed by atoms with Gasteiger partial charge in [0.15, 0.2) is 0 Å². The van der Waals surface area contributed by atoms with E-state index in [0.717, 1.165) is 30.4 Å². The Kier molecular flexibility index (Phi) is 5.61. The monoisotopic (exact) mass is 246 g/mol. The summed E-state index contributed by atoms with van der Waals surface area (Å²) in [5.74, 6) is 0.611. The van der Waals surface area contributed by atoms with Crippen LogP contribution in [0.25, 0.3) is 0 Å². The fourth-order valence-corrected chi connectivity index (χ4v) is 2.51. The molecule has 0 bridgehead atoms. The lowest BCUT2D eigenvalue weighted by Gasteiger charge is -2.17. The highest BCUT2D eigenvalue weighted by atomic mass is 35.5. The van der Waals surface area contributed by atoms with E-state index in [9.17, 15) is 0 Å². The third-order valence-corrected chi connectivity index (χ3v) is 3.68. The first-order valence-corrected chi connectivity index (χ1v) is 6.44. The van der Waals surface area contributed by atoms with Crippen LogP contribution in [0.15, 0.2) is 12.1 Å². The molecule has 15 heavy (non-hydrogen) atoms. The summed E-state index contributed by atoms with van der Waals surface area (Å²) < 4.78 is 0.869. The average molecular weight is 247 g/mol. The second-order valence-corrected chi connectivity index (χ2v) is 5.87. The fourth-order valence-electron chi connectivity index (χ4n) is 1.34. The third kappa shape index (κ3) is 4.98. The van der Waals surface area contributed by atoms with Gasteiger partial charge in [-0.25, -0.2) is 0 Å². The topological polar surface area (TPSA) is 29.3 Å². The van der Waals surface area contributed by atoms with E-state index in [1.54, 1.807) is 11.3 Å². The number of thiophene rings is 1. The van der Waals surface area contributed by atoms with Crippen molar-refractivity contribution in [3.63, 3.8) is 0 Å². The highest BCUT2D eigenvalue weighted by Crippen LogP contribution is 2.22. The maximum absolute atomic E-state index is 5.88. The van der Waals surface area contributed by atoms with Gasteiger partial charge in [0.1, 0.15) is 0 Å². The smallest absolute Gasteiger partial charge is 0.0931 e. The van der Waals surface area contributed by atoms with Crippen molar-refractivity contribution >= 4 is 22.9 Å². The van der Waals surface area contributed by atoms with Crippen molar-refractivity contribution in [3.05, 3.63) is 21.3 Å². The van der Waals surface area contributed by atoms with E-state index < -0.39 is 0 Å². The van der Waals surface area contributed by atoms with E-state index in [4.69, 9.17) is 17.3 Å². The fraction of sp³-hybridized carbons (Fsp3) is 0.636. The first kappa shape index (κ1) is 13.0. The second-order valence-electron chi connectivity index (χ2n) is 4.07. The molecule has 2 N–H and O–H groups in total. The Labute approximate surface area is 101 Å². The van der Waals surface area contributed by atoms with Gasteiger partial charge in [0, 0.05) is 11.4 Å². The van der Waals surface area contributed by atoms with Gasteiger partial charge in [-0.05, 0) is 44.6 Å². The standard InChI is InChI=1S/C11H19ClN2S/c1-9(7-13)5-6-14(2)8-10-3-4-11(12)15-10/h3-4,9H,5-8,13H2,1-2H3. The molecule has 1 unspecified atom stereocenters. The molecule has 86 valence electrons. The van der Waals surface area contributed by atoms with Crippen molar-refractivity contribution in [1.29, 1.82) is 0 Å². The van der Waals surface area contributed by atoms with E-state index in [1.807, 2.05) is 6.07 Å². The SMILES string of the molecule is CC(CN)CCN(C)Cc1ccc(Cl)s1. The zero-order chi connectivity index (χ0) is 11.3. The van der Waals surface area contributed by atoms with Crippen LogP contribution in [0.3, 0.4) is 0 Å². The Bertz CT molecular complexity index is 288. The van der Waals surface area contributed by atoms with Gasteiger partial charge in [-0.15, -0.1) is 11.3 Å². The molecule has 2 nitrogen and oxygen atoms in total. The maximum Gasteiger partial charge on any atom is 0.0931 e. The van der Waals surface area contributed by atoms with Gasteiger partial charge in [0.25, 0.3) is 0 Å². The highest BCUT2D eigenvalue weighted by Gasteiger charge is 2.05. The van der Waals surface area contributed by atoms with Gasteiger partial charge in [-0.2, -0.15) is 0 Å². The molecule has 0 aliphatic heterocycles. The largest absolute Gasteiger partial charge is 0.330 e. The summed E-state index contributed by atoms with van der Waals surface area (Å²) in [6, 6.07) is 4.05. The molecule has 0 saturated carbocycles. The molecule has 0 saturated heterocycles. The molecule has 1 rings (SSSR count). The zero-order valence-corrected chi connectivity index (χ0v) is 10.9. The molecule has 1 atom stereocenters. The number of rotatable bonds is 6. The van der Waals surface area contributed by atoms with Crippen LogP contribution in [0, 0.1) is 5.92 Å². The van der Waals surface area contributed by atoms with Crippen LogP contribution in [-0.2, 0) is 6.54 Å². The number of nitrogens with two attached hydrogens (primary N) is 1. The minimum Gasteiger partial charge on any atom is -0.330 e. The molecular formula is C11H19ClN2S. The normalized spacial score (nSPS) is 13.4. The van der Waals surface area contributed by atoms with Gasteiger partial charge < -0.3 is 10.6 Å². The van der Waals surface area contributed by atoms with Gasteiger partial charge in [0.05, 0.1) is 4.34 Å². The molecule has 0 spiro atoms. The molecule has 1 aromatic heterocycles. The van der Waals surface area contributed by atoms with Crippen LogP contribution in [0.1, 0.15) is 18.2 Å². The second kappa shape index (κ2) is 6.48. The van der Waals surface area contributed by atoms with Crippen molar-refractivity contribution in [1.82, 2.24) is 4.90 Å². The molecule has 0 aliphatic rings. The molecule has 1 aromatic rings. The first-order valence-electron chi connectivity index (χ1n) is 5.24. The number of halogens is 1. The predicted octanol–water partition coefficient (Wildman–Crippen LogP) is 2.82. The lowest BCUT2D eigenvalue weighted by atomic mass is 10.1. The molecule has 0 radical (unpaired) electrons. The van der Waals surface area contributed by atoms with Gasteiger partial charge in [-0.1, -0.05) is 18.5 Å². The summed E-state index contributed by atoms with van der Waals surface area (Å²) in [4.78, 5) is 3.64. The third-order valence-electron chi connectivity index (χ3n) is 2.46. The van der Waals surface area contributed by atoms with E-state index >= 15 is 0 Å². The van der Waals surface area contributed by atoms with E-state index in [1.165, 1.54) is 4.88 Å². The minimum absolute atomic E-state index is 0.611. The zero-order valence-electron chi connectivity index (χ0n) is 9.37. The molecule has 0 aliphatic carbocycles. The first-order chi connectivity index (χ1) is 7.11. The summed E-state index contributed by atoms with van der Waals surface area (Å²) in [6.45, 7) is 5.04. The van der Waals surface area contributed by atoms with Crippen LogP contribution in [-0.4, -0.2) is 25.0 Å². The van der Waals surface area contributed by atoms with Crippen molar-refractivity contribution in [2.45, 2.75) is 19.9 Å². The predicted molar refractivity (Wildman–Crippen MR) is 68.5 cm³/mol. The summed E-state index contributed by atoms with van der Waals surface area (Å²) in [6.07, 6.45) is 1.16. The molecule has 0 amide bonds. The summed E-state index contributed by atoms with van der Waals surface area (Å²) in [7, 11) is 2.14. The average Bonchev–Trinajstić information content (AvgIpc) is 2.60. The van der Waals surface area contributed by atoms with E-state index in [-0.39, 0.29) is 0 Å². The molecule has 0 fully saturated rings. The molecule has 1 heterocycles. The molecule has 4 heteroatoms. The van der Waals surface area contributed by atoms with Gasteiger partial charge in [-0.3, -0.25) is 0 Å². The Morgan fingerprint density at radius 2 is 2.27 bits per heavy atom. The van der Waals surface area contributed by atoms with Gasteiger partial charge >= 0.3 is 0 Å². The summed E-state index contributed by atoms with van der Waals surface area (Å²) >= 11 is 7.53. The summed E-state index contributed by atoms with van der Waals surface area (Å²) in [5, 5.41) is 0. The van der Waals surface area contributed by atoms with Gasteiger partial charge in [0.2, 0.25) is 0 Å². The van der Waals surface area contributed by atoms with Crippen LogP contribution >= 0.6 is 22.9 Å². The van der Waals surface area contributed by atoms with Crippen molar-refractivity contribution in [3.8, 4) is 0 Å². The number of hydrogen-bond acceptors (Lipinski definition) is 3. The number of nitrogens with zero attached hydrogens (tertiary/aromatic N) is 1. The summed E-state index contributed by atoms with van der Waals surface area (Å²) in [5.41, 5.74) is 5.58. The Balaban J connectivity index is 2.27. The van der Waals surface area contributed by atoms with Crippen LogP contribution in [0.5, 0.6) is 0 Å². The number of hydrogen-bond donors (Lipinski definition) is 1. The van der Waals surface area contributed by atoms with E-state index in [0.29, 0.717) is 5.92 Å². The molecule has 0 aromatic carbocycles. The lowest BCUT2D eigenvalue weighted by molar-refractivity contribution is 0.302. The quantitative estimate of drug-likeness (QED) is 0.837. The van der Waals surface area contributed by atoms with Crippen molar-refractivity contribution in [2.24, 2.45) is 11.7 Å².